The summed E-state index contributed by atoms with van der Waals surface area (Å²) in [6, 6.07) is 5.52. The van der Waals surface area contributed by atoms with Gasteiger partial charge in [-0.15, -0.1) is 11.3 Å². The molecule has 2 aromatic rings. The average molecular weight is 429 g/mol. The van der Waals surface area contributed by atoms with E-state index in [1.807, 2.05) is 12.1 Å². The lowest BCUT2D eigenvalue weighted by Gasteiger charge is -2.10. The summed E-state index contributed by atoms with van der Waals surface area (Å²) in [5.41, 5.74) is 0. The van der Waals surface area contributed by atoms with Crippen LogP contribution < -0.4 is 9.47 Å². The highest BCUT2D eigenvalue weighted by Gasteiger charge is 2.19. The zero-order valence-corrected chi connectivity index (χ0v) is 16.6. The van der Waals surface area contributed by atoms with Gasteiger partial charge in [0.1, 0.15) is 0 Å². The predicted molar refractivity (Wildman–Crippen MR) is 103 cm³/mol. The monoisotopic (exact) mass is 428 g/mol. The number of aliphatic carboxylic acids is 1. The minimum atomic E-state index is -0.963. The molecule has 0 aliphatic heterocycles. The lowest BCUT2D eigenvalue weighted by Crippen LogP contribution is -2.13. The number of unbranched alkanes of at least 4 members (excludes halogenated alkanes) is 1. The van der Waals surface area contributed by atoms with Crippen LogP contribution >= 0.6 is 27.3 Å². The fourth-order valence-corrected chi connectivity index (χ4v) is 3.72. The standard InChI is InChI=1S/C18H21BrO5S/c1-11(18(21)22)7-13(20)17-9-12-8-14(23-2)15(10-16(12)25-17)24-6-4-3-5-19/h8-11H,3-7H2,1-2H3,(H,21,22)/t11-/m0/s1. The number of carbonyl (C=O) groups is 2. The fourth-order valence-electron chi connectivity index (χ4n) is 2.30. The maximum atomic E-state index is 12.3. The van der Waals surface area contributed by atoms with Crippen molar-refractivity contribution in [2.24, 2.45) is 5.92 Å². The zero-order chi connectivity index (χ0) is 18.4. The molecule has 7 heteroatoms. The number of hydrogen-bond acceptors (Lipinski definition) is 5. The van der Waals surface area contributed by atoms with E-state index in [4.69, 9.17) is 14.6 Å². The summed E-state index contributed by atoms with van der Waals surface area (Å²) in [5, 5.41) is 10.8. The van der Waals surface area contributed by atoms with Gasteiger partial charge in [-0.05, 0) is 30.4 Å². The van der Waals surface area contributed by atoms with E-state index in [2.05, 4.69) is 15.9 Å². The second-order valence-electron chi connectivity index (χ2n) is 5.76. The van der Waals surface area contributed by atoms with Gasteiger partial charge in [0.25, 0.3) is 0 Å². The molecule has 2 rings (SSSR count). The number of carboxylic acid groups (broad SMARTS) is 1. The van der Waals surface area contributed by atoms with Crippen LogP contribution in [0.4, 0.5) is 0 Å². The molecule has 0 amide bonds. The van der Waals surface area contributed by atoms with Gasteiger partial charge in [-0.25, -0.2) is 0 Å². The highest BCUT2D eigenvalue weighted by molar-refractivity contribution is 9.09. The van der Waals surface area contributed by atoms with Gasteiger partial charge in [-0.3, -0.25) is 9.59 Å². The molecule has 0 spiro atoms. The van der Waals surface area contributed by atoms with E-state index in [-0.39, 0.29) is 12.2 Å². The minimum absolute atomic E-state index is 0.00477. The van der Waals surface area contributed by atoms with Crippen molar-refractivity contribution in [3.05, 3.63) is 23.1 Å². The number of rotatable bonds is 10. The SMILES string of the molecule is COc1cc2cc(C(=O)C[C@H](C)C(=O)O)sc2cc1OCCCCBr. The molecule has 0 saturated carbocycles. The lowest BCUT2D eigenvalue weighted by molar-refractivity contribution is -0.141. The van der Waals surface area contributed by atoms with Gasteiger partial charge in [0.15, 0.2) is 17.3 Å². The number of halogens is 1. The largest absolute Gasteiger partial charge is 0.493 e. The molecular weight excluding hydrogens is 408 g/mol. The first kappa shape index (κ1) is 19.7. The third kappa shape index (κ3) is 5.19. The van der Waals surface area contributed by atoms with Crippen molar-refractivity contribution < 1.29 is 24.2 Å². The van der Waals surface area contributed by atoms with Crippen molar-refractivity contribution in [3.63, 3.8) is 0 Å². The van der Waals surface area contributed by atoms with Crippen LogP contribution in [0.15, 0.2) is 18.2 Å². The molecule has 0 radical (unpaired) electrons. The molecule has 0 fully saturated rings. The summed E-state index contributed by atoms with van der Waals surface area (Å²) >= 11 is 4.74. The maximum absolute atomic E-state index is 12.3. The Hall–Kier alpha value is -1.60. The van der Waals surface area contributed by atoms with Gasteiger partial charge in [-0.2, -0.15) is 0 Å². The van der Waals surface area contributed by atoms with Crippen molar-refractivity contribution in [2.75, 3.05) is 19.0 Å². The van der Waals surface area contributed by atoms with Gasteiger partial charge in [0.05, 0.1) is 24.5 Å². The number of alkyl halides is 1. The second-order valence-corrected chi connectivity index (χ2v) is 7.64. The molecule has 1 aromatic carbocycles. The summed E-state index contributed by atoms with van der Waals surface area (Å²) in [7, 11) is 1.58. The van der Waals surface area contributed by atoms with Crippen molar-refractivity contribution in [1.82, 2.24) is 0 Å². The third-order valence-electron chi connectivity index (χ3n) is 3.78. The normalized spacial score (nSPS) is 12.1. The van der Waals surface area contributed by atoms with E-state index in [1.54, 1.807) is 13.2 Å². The molecular formula is C18H21BrO5S. The fraction of sp³-hybridized carbons (Fsp3) is 0.444. The molecule has 1 heterocycles. The number of thiophene rings is 1. The Morgan fingerprint density at radius 3 is 2.64 bits per heavy atom. The Balaban J connectivity index is 2.21. The molecule has 1 atom stereocenters. The van der Waals surface area contributed by atoms with Gasteiger partial charge in [0.2, 0.25) is 0 Å². The summed E-state index contributed by atoms with van der Waals surface area (Å²) in [6.07, 6.45) is 1.97. The molecule has 0 aliphatic carbocycles. The van der Waals surface area contributed by atoms with Gasteiger partial charge >= 0.3 is 5.97 Å². The predicted octanol–water partition coefficient (Wildman–Crippen LogP) is 4.76. The smallest absolute Gasteiger partial charge is 0.306 e. The summed E-state index contributed by atoms with van der Waals surface area (Å²) in [5.74, 6) is -0.530. The van der Waals surface area contributed by atoms with Crippen LogP contribution in [-0.4, -0.2) is 35.9 Å². The van der Waals surface area contributed by atoms with Gasteiger partial charge in [0, 0.05) is 22.5 Å². The van der Waals surface area contributed by atoms with E-state index in [0.29, 0.717) is 23.0 Å². The average Bonchev–Trinajstić information content (AvgIpc) is 3.00. The number of ketones is 1. The molecule has 136 valence electrons. The lowest BCUT2D eigenvalue weighted by atomic mass is 10.0. The van der Waals surface area contributed by atoms with Crippen LogP contribution in [-0.2, 0) is 4.79 Å². The minimum Gasteiger partial charge on any atom is -0.493 e. The molecule has 1 aromatic heterocycles. The Kier molecular flexibility index (Phi) is 7.25. The summed E-state index contributed by atoms with van der Waals surface area (Å²) < 4.78 is 12.1. The molecule has 0 unspecified atom stereocenters. The molecule has 0 aliphatic rings. The van der Waals surface area contributed by atoms with Crippen molar-refractivity contribution in [3.8, 4) is 11.5 Å². The van der Waals surface area contributed by atoms with Crippen molar-refractivity contribution in [2.45, 2.75) is 26.2 Å². The van der Waals surface area contributed by atoms with Gasteiger partial charge < -0.3 is 14.6 Å². The molecule has 0 bridgehead atoms. The highest BCUT2D eigenvalue weighted by atomic mass is 79.9. The van der Waals surface area contributed by atoms with Crippen LogP contribution in [0.1, 0.15) is 35.9 Å². The Bertz CT molecular complexity index is 755. The number of benzene rings is 1. The Morgan fingerprint density at radius 1 is 1.24 bits per heavy atom. The van der Waals surface area contributed by atoms with Gasteiger partial charge in [-0.1, -0.05) is 22.9 Å². The second kappa shape index (κ2) is 9.20. The number of fused-ring (bicyclic) bond motifs is 1. The Labute approximate surface area is 159 Å². The molecule has 5 nitrogen and oxygen atoms in total. The van der Waals surface area contributed by atoms with Crippen LogP contribution in [0, 0.1) is 5.92 Å². The summed E-state index contributed by atoms with van der Waals surface area (Å²) in [4.78, 5) is 23.8. The molecule has 1 N–H and O–H groups in total. The van der Waals surface area contributed by atoms with E-state index in [1.165, 1.54) is 18.3 Å². The van der Waals surface area contributed by atoms with E-state index >= 15 is 0 Å². The van der Waals surface area contributed by atoms with E-state index in [9.17, 15) is 9.59 Å². The number of ether oxygens (including phenoxy) is 2. The van der Waals surface area contributed by atoms with Crippen LogP contribution in [0.2, 0.25) is 0 Å². The third-order valence-corrected chi connectivity index (χ3v) is 5.48. The molecule has 25 heavy (non-hydrogen) atoms. The molecule has 0 saturated heterocycles. The number of carboxylic acids is 1. The number of hydrogen-bond donors (Lipinski definition) is 1. The maximum Gasteiger partial charge on any atom is 0.306 e. The van der Waals surface area contributed by atoms with E-state index < -0.39 is 11.9 Å². The highest BCUT2D eigenvalue weighted by Crippen LogP contribution is 2.37. The number of methoxy groups -OCH3 is 1. The summed E-state index contributed by atoms with van der Waals surface area (Å²) in [6.45, 7) is 2.14. The van der Waals surface area contributed by atoms with Crippen molar-refractivity contribution in [1.29, 1.82) is 0 Å². The van der Waals surface area contributed by atoms with Crippen LogP contribution in [0.5, 0.6) is 11.5 Å². The first-order valence-electron chi connectivity index (χ1n) is 8.02. The first-order chi connectivity index (χ1) is 12.0. The Morgan fingerprint density at radius 2 is 2.00 bits per heavy atom. The first-order valence-corrected chi connectivity index (χ1v) is 9.96. The zero-order valence-electron chi connectivity index (χ0n) is 14.2. The van der Waals surface area contributed by atoms with Crippen LogP contribution in [0.3, 0.4) is 0 Å². The quantitative estimate of drug-likeness (QED) is 0.335. The van der Waals surface area contributed by atoms with Crippen molar-refractivity contribution >= 4 is 49.1 Å². The number of Topliss-reactive ketones (excluding diaryl/α,β-unsaturated/α-hetero) is 1. The van der Waals surface area contributed by atoms with Crippen LogP contribution in [0.25, 0.3) is 10.1 Å². The topological polar surface area (TPSA) is 72.8 Å². The number of carbonyl (C=O) groups excluding carboxylic acids is 1. The van der Waals surface area contributed by atoms with E-state index in [0.717, 1.165) is 28.3 Å².